The Balaban J connectivity index is 2.42. The van der Waals surface area contributed by atoms with Crippen molar-refractivity contribution in [2.24, 2.45) is 0 Å². The second-order valence-electron chi connectivity index (χ2n) is 3.91. The van der Waals surface area contributed by atoms with Crippen LogP contribution in [0.1, 0.15) is 13.3 Å². The molecule has 3 nitrogen and oxygen atoms in total. The molecule has 0 aliphatic rings. The molecule has 0 aliphatic carbocycles. The number of benzene rings is 2. The molecular formula is C13H15NO2S. The summed E-state index contributed by atoms with van der Waals surface area (Å²) < 4.78 is 26.4. The molecule has 0 fully saturated rings. The van der Waals surface area contributed by atoms with Crippen LogP contribution in [-0.4, -0.2) is 15.0 Å². The van der Waals surface area contributed by atoms with E-state index in [1.165, 1.54) is 0 Å². The van der Waals surface area contributed by atoms with E-state index in [1.807, 2.05) is 37.3 Å². The third kappa shape index (κ3) is 2.65. The van der Waals surface area contributed by atoms with Gasteiger partial charge in [-0.15, -0.1) is 0 Å². The third-order valence-corrected chi connectivity index (χ3v) is 4.03. The average Bonchev–Trinajstić information content (AvgIpc) is 2.36. The topological polar surface area (TPSA) is 46.2 Å². The normalized spacial score (nSPS) is 11.8. The summed E-state index contributed by atoms with van der Waals surface area (Å²) >= 11 is 0. The fourth-order valence-electron chi connectivity index (χ4n) is 1.65. The Bertz CT molecular complexity index is 620. The Hall–Kier alpha value is -1.39. The van der Waals surface area contributed by atoms with Gasteiger partial charge in [-0.05, 0) is 29.3 Å². The van der Waals surface area contributed by atoms with Crippen molar-refractivity contribution in [2.45, 2.75) is 18.2 Å². The van der Waals surface area contributed by atoms with E-state index in [0.29, 0.717) is 11.4 Å². The molecule has 0 aromatic heterocycles. The fourth-order valence-corrected chi connectivity index (χ4v) is 2.82. The number of rotatable bonds is 4. The summed E-state index contributed by atoms with van der Waals surface area (Å²) in [6.45, 7) is 2.40. The van der Waals surface area contributed by atoms with E-state index in [9.17, 15) is 8.42 Å². The summed E-state index contributed by atoms with van der Waals surface area (Å²) in [5, 5.41) is 1.98. The van der Waals surface area contributed by atoms with Crippen molar-refractivity contribution in [2.75, 3.05) is 6.54 Å². The molecule has 0 spiro atoms. The molecule has 0 atom stereocenters. The van der Waals surface area contributed by atoms with E-state index in [-0.39, 0.29) is 0 Å². The van der Waals surface area contributed by atoms with Crippen molar-refractivity contribution < 1.29 is 8.42 Å². The molecular weight excluding hydrogens is 234 g/mol. The van der Waals surface area contributed by atoms with E-state index in [0.717, 1.165) is 17.2 Å². The van der Waals surface area contributed by atoms with Crippen molar-refractivity contribution in [1.82, 2.24) is 4.72 Å². The van der Waals surface area contributed by atoms with Gasteiger partial charge in [0.15, 0.2) is 0 Å². The van der Waals surface area contributed by atoms with E-state index in [1.54, 1.807) is 12.1 Å². The summed E-state index contributed by atoms with van der Waals surface area (Å²) in [5.74, 6) is 0. The van der Waals surface area contributed by atoms with Gasteiger partial charge in [-0.1, -0.05) is 37.3 Å². The quantitative estimate of drug-likeness (QED) is 0.905. The minimum Gasteiger partial charge on any atom is -0.211 e. The van der Waals surface area contributed by atoms with Gasteiger partial charge < -0.3 is 0 Å². The zero-order chi connectivity index (χ0) is 12.3. The highest BCUT2D eigenvalue weighted by Crippen LogP contribution is 2.18. The average molecular weight is 249 g/mol. The number of sulfonamides is 1. The van der Waals surface area contributed by atoms with Crippen LogP contribution in [0.15, 0.2) is 47.4 Å². The van der Waals surface area contributed by atoms with Crippen LogP contribution in [-0.2, 0) is 10.0 Å². The molecule has 0 unspecified atom stereocenters. The predicted octanol–water partition coefficient (Wildman–Crippen LogP) is 2.53. The molecule has 0 heterocycles. The number of nitrogens with one attached hydrogen (secondary N) is 1. The second-order valence-corrected chi connectivity index (χ2v) is 5.67. The summed E-state index contributed by atoms with van der Waals surface area (Å²) in [4.78, 5) is 0.324. The summed E-state index contributed by atoms with van der Waals surface area (Å²) in [6, 6.07) is 12.9. The smallest absolute Gasteiger partial charge is 0.211 e. The molecule has 0 saturated carbocycles. The molecule has 1 N–H and O–H groups in total. The minimum absolute atomic E-state index is 0.324. The van der Waals surface area contributed by atoms with E-state index < -0.39 is 10.0 Å². The predicted molar refractivity (Wildman–Crippen MR) is 69.4 cm³/mol. The molecule has 0 amide bonds. The van der Waals surface area contributed by atoms with E-state index in [2.05, 4.69) is 4.72 Å². The highest BCUT2D eigenvalue weighted by atomic mass is 32.2. The first-order valence-corrected chi connectivity index (χ1v) is 7.10. The maximum atomic E-state index is 11.9. The molecule has 4 heteroatoms. The highest BCUT2D eigenvalue weighted by molar-refractivity contribution is 7.89. The molecule has 2 aromatic rings. The van der Waals surface area contributed by atoms with Crippen LogP contribution in [0.4, 0.5) is 0 Å². The van der Waals surface area contributed by atoms with Crippen LogP contribution in [0.3, 0.4) is 0 Å². The Morgan fingerprint density at radius 1 is 1.06 bits per heavy atom. The maximum absolute atomic E-state index is 11.9. The van der Waals surface area contributed by atoms with Crippen LogP contribution in [0.5, 0.6) is 0 Å². The van der Waals surface area contributed by atoms with E-state index >= 15 is 0 Å². The van der Waals surface area contributed by atoms with E-state index in [4.69, 9.17) is 0 Å². The first-order valence-electron chi connectivity index (χ1n) is 5.62. The second kappa shape index (κ2) is 4.85. The van der Waals surface area contributed by atoms with Gasteiger partial charge in [0.05, 0.1) is 4.90 Å². The molecule has 2 aromatic carbocycles. The lowest BCUT2D eigenvalue weighted by atomic mass is 10.1. The molecule has 90 valence electrons. The maximum Gasteiger partial charge on any atom is 0.240 e. The molecule has 0 aliphatic heterocycles. The minimum atomic E-state index is -3.36. The van der Waals surface area contributed by atoms with Crippen molar-refractivity contribution >= 4 is 20.8 Å². The Morgan fingerprint density at radius 2 is 1.76 bits per heavy atom. The van der Waals surface area contributed by atoms with Gasteiger partial charge in [0.2, 0.25) is 10.0 Å². The Morgan fingerprint density at radius 3 is 2.47 bits per heavy atom. The standard InChI is InChI=1S/C13H15NO2S/c1-2-9-14-17(15,16)13-8-7-11-5-3-4-6-12(11)10-13/h3-8,10,14H,2,9H2,1H3. The lowest BCUT2D eigenvalue weighted by Gasteiger charge is -2.06. The van der Waals surface area contributed by atoms with Crippen molar-refractivity contribution in [3.05, 3.63) is 42.5 Å². The third-order valence-electron chi connectivity index (χ3n) is 2.57. The van der Waals surface area contributed by atoms with Gasteiger partial charge in [-0.25, -0.2) is 13.1 Å². The number of hydrogen-bond acceptors (Lipinski definition) is 2. The Labute approximate surface area is 102 Å². The van der Waals surface area contributed by atoms with Crippen LogP contribution in [0.2, 0.25) is 0 Å². The molecule has 2 rings (SSSR count). The molecule has 17 heavy (non-hydrogen) atoms. The largest absolute Gasteiger partial charge is 0.240 e. The zero-order valence-electron chi connectivity index (χ0n) is 9.68. The van der Waals surface area contributed by atoms with Crippen molar-refractivity contribution in [3.8, 4) is 0 Å². The van der Waals surface area contributed by atoms with Crippen LogP contribution < -0.4 is 4.72 Å². The number of hydrogen-bond donors (Lipinski definition) is 1. The lowest BCUT2D eigenvalue weighted by molar-refractivity contribution is 0.581. The monoisotopic (exact) mass is 249 g/mol. The fraction of sp³-hybridized carbons (Fsp3) is 0.231. The molecule has 0 saturated heterocycles. The van der Waals surface area contributed by atoms with Crippen LogP contribution in [0, 0.1) is 0 Å². The van der Waals surface area contributed by atoms with Crippen molar-refractivity contribution in [1.29, 1.82) is 0 Å². The van der Waals surface area contributed by atoms with Crippen LogP contribution >= 0.6 is 0 Å². The van der Waals surface area contributed by atoms with Crippen LogP contribution in [0.25, 0.3) is 10.8 Å². The first-order chi connectivity index (χ1) is 8.13. The van der Waals surface area contributed by atoms with Gasteiger partial charge in [0.25, 0.3) is 0 Å². The lowest BCUT2D eigenvalue weighted by Crippen LogP contribution is -2.24. The van der Waals surface area contributed by atoms with Gasteiger partial charge in [0.1, 0.15) is 0 Å². The number of fused-ring (bicyclic) bond motifs is 1. The first kappa shape index (κ1) is 12.1. The molecule has 0 radical (unpaired) electrons. The molecule has 0 bridgehead atoms. The van der Waals surface area contributed by atoms with Gasteiger partial charge >= 0.3 is 0 Å². The van der Waals surface area contributed by atoms with Gasteiger partial charge in [-0.2, -0.15) is 0 Å². The zero-order valence-corrected chi connectivity index (χ0v) is 10.5. The van der Waals surface area contributed by atoms with Gasteiger partial charge in [-0.3, -0.25) is 0 Å². The Kier molecular flexibility index (Phi) is 3.45. The SMILES string of the molecule is CCCNS(=O)(=O)c1ccc2ccccc2c1. The summed E-state index contributed by atoms with van der Waals surface area (Å²) in [5.41, 5.74) is 0. The van der Waals surface area contributed by atoms with Gasteiger partial charge in [0, 0.05) is 6.54 Å². The van der Waals surface area contributed by atoms with Crippen molar-refractivity contribution in [3.63, 3.8) is 0 Å². The summed E-state index contributed by atoms with van der Waals surface area (Å²) in [7, 11) is -3.36. The summed E-state index contributed by atoms with van der Waals surface area (Å²) in [6.07, 6.45) is 0.785. The highest BCUT2D eigenvalue weighted by Gasteiger charge is 2.12.